The van der Waals surface area contributed by atoms with E-state index in [0.717, 1.165) is 50.4 Å². The van der Waals surface area contributed by atoms with Crippen molar-refractivity contribution in [2.45, 2.75) is 26.7 Å². The van der Waals surface area contributed by atoms with Crippen LogP contribution in [0.15, 0.2) is 24.3 Å². The summed E-state index contributed by atoms with van der Waals surface area (Å²) in [4.78, 5) is 14.3. The van der Waals surface area contributed by atoms with Crippen LogP contribution in [0.3, 0.4) is 0 Å². The van der Waals surface area contributed by atoms with E-state index >= 15 is 0 Å². The number of anilines is 1. The molecule has 110 valence electrons. The van der Waals surface area contributed by atoms with Crippen LogP contribution in [0.1, 0.15) is 25.3 Å². The van der Waals surface area contributed by atoms with Crippen LogP contribution < -0.4 is 5.32 Å². The fourth-order valence-electron chi connectivity index (χ4n) is 2.49. The highest BCUT2D eigenvalue weighted by atomic mass is 16.5. The molecule has 1 aliphatic rings. The molecule has 0 spiro atoms. The van der Waals surface area contributed by atoms with E-state index in [4.69, 9.17) is 4.74 Å². The summed E-state index contributed by atoms with van der Waals surface area (Å²) in [5.74, 6) is 0.476. The minimum Gasteiger partial charge on any atom is -0.381 e. The number of urea groups is 1. The number of benzene rings is 1. The Morgan fingerprint density at radius 2 is 2.25 bits per heavy atom. The van der Waals surface area contributed by atoms with E-state index in [1.807, 2.05) is 36.1 Å². The molecular weight excluding hydrogens is 252 g/mol. The van der Waals surface area contributed by atoms with Crippen LogP contribution >= 0.6 is 0 Å². The summed E-state index contributed by atoms with van der Waals surface area (Å²) >= 11 is 0. The quantitative estimate of drug-likeness (QED) is 0.896. The highest BCUT2D eigenvalue weighted by molar-refractivity contribution is 5.90. The maximum Gasteiger partial charge on any atom is 0.321 e. The van der Waals surface area contributed by atoms with Crippen molar-refractivity contribution in [3.63, 3.8) is 0 Å². The van der Waals surface area contributed by atoms with Crippen molar-refractivity contribution in [1.29, 1.82) is 0 Å². The minimum atomic E-state index is -0.00644. The Kier molecular flexibility index (Phi) is 5.41. The predicted octanol–water partition coefficient (Wildman–Crippen LogP) is 3.28. The Hall–Kier alpha value is -1.55. The highest BCUT2D eigenvalue weighted by Gasteiger charge is 2.22. The summed E-state index contributed by atoms with van der Waals surface area (Å²) in [5, 5.41) is 3.02. The third-order valence-corrected chi connectivity index (χ3v) is 3.67. The van der Waals surface area contributed by atoms with Gasteiger partial charge in [0.25, 0.3) is 0 Å². The summed E-state index contributed by atoms with van der Waals surface area (Å²) in [5.41, 5.74) is 1.97. The van der Waals surface area contributed by atoms with Crippen molar-refractivity contribution in [1.82, 2.24) is 4.90 Å². The third kappa shape index (κ3) is 3.97. The predicted molar refractivity (Wildman–Crippen MR) is 81.0 cm³/mol. The number of carbonyl (C=O) groups is 1. The second-order valence-electron chi connectivity index (χ2n) is 5.42. The molecule has 1 saturated heterocycles. The molecule has 20 heavy (non-hydrogen) atoms. The van der Waals surface area contributed by atoms with Gasteiger partial charge in [0, 0.05) is 31.3 Å². The molecular formula is C16H24N2O2. The van der Waals surface area contributed by atoms with Crippen molar-refractivity contribution < 1.29 is 9.53 Å². The van der Waals surface area contributed by atoms with Gasteiger partial charge in [-0.2, -0.15) is 0 Å². The first-order valence-electron chi connectivity index (χ1n) is 7.40. The van der Waals surface area contributed by atoms with Crippen LogP contribution in [-0.4, -0.2) is 37.2 Å². The number of hydrogen-bond donors (Lipinski definition) is 1. The van der Waals surface area contributed by atoms with E-state index in [2.05, 4.69) is 12.2 Å². The van der Waals surface area contributed by atoms with Gasteiger partial charge in [0.1, 0.15) is 0 Å². The van der Waals surface area contributed by atoms with Gasteiger partial charge in [-0.05, 0) is 31.4 Å². The van der Waals surface area contributed by atoms with Crippen LogP contribution in [0.25, 0.3) is 0 Å². The molecule has 1 N–H and O–H groups in total. The number of rotatable bonds is 5. The van der Waals surface area contributed by atoms with Gasteiger partial charge >= 0.3 is 6.03 Å². The lowest BCUT2D eigenvalue weighted by molar-refractivity contribution is 0.169. The molecule has 0 aromatic heterocycles. The molecule has 4 heteroatoms. The molecule has 4 nitrogen and oxygen atoms in total. The standard InChI is InChI=1S/C16H24N2O2/c1-3-9-18(11-14-8-10-20-12-14)16(19)17-15-7-5-4-6-13(15)2/h4-7,14H,3,8-12H2,1-2H3,(H,17,19). The van der Waals surface area contributed by atoms with Crippen molar-refractivity contribution in [3.8, 4) is 0 Å². The summed E-state index contributed by atoms with van der Waals surface area (Å²) < 4.78 is 5.39. The Morgan fingerprint density at radius 1 is 1.45 bits per heavy atom. The zero-order valence-electron chi connectivity index (χ0n) is 12.4. The van der Waals surface area contributed by atoms with E-state index in [1.54, 1.807) is 0 Å². The van der Waals surface area contributed by atoms with Crippen LogP contribution in [0.4, 0.5) is 10.5 Å². The first kappa shape index (κ1) is 14.9. The average molecular weight is 276 g/mol. The fraction of sp³-hybridized carbons (Fsp3) is 0.562. The van der Waals surface area contributed by atoms with Gasteiger partial charge in [0.05, 0.1) is 6.61 Å². The minimum absolute atomic E-state index is 0.00644. The summed E-state index contributed by atoms with van der Waals surface area (Å²) in [6.45, 7) is 7.27. The van der Waals surface area contributed by atoms with Gasteiger partial charge < -0.3 is 15.0 Å². The van der Waals surface area contributed by atoms with Gasteiger partial charge in [-0.25, -0.2) is 4.79 Å². The number of nitrogens with one attached hydrogen (secondary N) is 1. The smallest absolute Gasteiger partial charge is 0.321 e. The van der Waals surface area contributed by atoms with Crippen LogP contribution in [0.5, 0.6) is 0 Å². The van der Waals surface area contributed by atoms with Gasteiger partial charge in [-0.15, -0.1) is 0 Å². The molecule has 2 rings (SSSR count). The summed E-state index contributed by atoms with van der Waals surface area (Å²) in [6, 6.07) is 7.86. The SMILES string of the molecule is CCCN(CC1CCOC1)C(=O)Nc1ccccc1C. The van der Waals surface area contributed by atoms with Gasteiger partial charge in [0.15, 0.2) is 0 Å². The van der Waals surface area contributed by atoms with E-state index in [9.17, 15) is 4.79 Å². The maximum absolute atomic E-state index is 12.4. The van der Waals surface area contributed by atoms with Crippen LogP contribution in [0, 0.1) is 12.8 Å². The van der Waals surface area contributed by atoms with Gasteiger partial charge in [0.2, 0.25) is 0 Å². The Labute approximate surface area is 121 Å². The molecule has 1 atom stereocenters. The number of nitrogens with zero attached hydrogens (tertiary/aromatic N) is 1. The van der Waals surface area contributed by atoms with Crippen LogP contribution in [-0.2, 0) is 4.74 Å². The molecule has 0 bridgehead atoms. The zero-order chi connectivity index (χ0) is 14.4. The number of hydrogen-bond acceptors (Lipinski definition) is 2. The van der Waals surface area contributed by atoms with E-state index in [0.29, 0.717) is 5.92 Å². The fourth-order valence-corrected chi connectivity index (χ4v) is 2.49. The highest BCUT2D eigenvalue weighted by Crippen LogP contribution is 2.17. The van der Waals surface area contributed by atoms with Gasteiger partial charge in [-0.1, -0.05) is 25.1 Å². The molecule has 1 unspecified atom stereocenters. The van der Waals surface area contributed by atoms with Crippen molar-refractivity contribution in [3.05, 3.63) is 29.8 Å². The molecule has 1 fully saturated rings. The Balaban J connectivity index is 1.97. The number of aryl methyl sites for hydroxylation is 1. The second kappa shape index (κ2) is 7.29. The number of carbonyl (C=O) groups excluding carboxylic acids is 1. The van der Waals surface area contributed by atoms with E-state index in [-0.39, 0.29) is 6.03 Å². The molecule has 1 aromatic rings. The van der Waals surface area contributed by atoms with Crippen LogP contribution in [0.2, 0.25) is 0 Å². The molecule has 0 saturated carbocycles. The summed E-state index contributed by atoms with van der Waals surface area (Å²) in [7, 11) is 0. The first-order valence-corrected chi connectivity index (χ1v) is 7.40. The first-order chi connectivity index (χ1) is 9.70. The van der Waals surface area contributed by atoms with Gasteiger partial charge in [-0.3, -0.25) is 0 Å². The Morgan fingerprint density at radius 3 is 2.90 bits per heavy atom. The maximum atomic E-state index is 12.4. The van der Waals surface area contributed by atoms with E-state index in [1.165, 1.54) is 0 Å². The molecule has 1 heterocycles. The monoisotopic (exact) mass is 276 g/mol. The lowest BCUT2D eigenvalue weighted by Gasteiger charge is -2.25. The lowest BCUT2D eigenvalue weighted by Crippen LogP contribution is -2.39. The number of ether oxygens (including phenoxy) is 1. The topological polar surface area (TPSA) is 41.6 Å². The third-order valence-electron chi connectivity index (χ3n) is 3.67. The zero-order valence-corrected chi connectivity index (χ0v) is 12.4. The Bertz CT molecular complexity index is 442. The largest absolute Gasteiger partial charge is 0.381 e. The number of amides is 2. The molecule has 1 aliphatic heterocycles. The molecule has 0 radical (unpaired) electrons. The van der Waals surface area contributed by atoms with E-state index < -0.39 is 0 Å². The van der Waals surface area contributed by atoms with Crippen molar-refractivity contribution in [2.24, 2.45) is 5.92 Å². The molecule has 2 amide bonds. The van der Waals surface area contributed by atoms with Crippen molar-refractivity contribution in [2.75, 3.05) is 31.6 Å². The molecule has 0 aliphatic carbocycles. The number of para-hydroxylation sites is 1. The lowest BCUT2D eigenvalue weighted by atomic mass is 10.1. The second-order valence-corrected chi connectivity index (χ2v) is 5.42. The average Bonchev–Trinajstić information content (AvgIpc) is 2.94. The van der Waals surface area contributed by atoms with Crippen molar-refractivity contribution >= 4 is 11.7 Å². The summed E-state index contributed by atoms with van der Waals surface area (Å²) in [6.07, 6.45) is 2.02. The molecule has 1 aromatic carbocycles. The normalized spacial score (nSPS) is 18.0.